The standard InChI is InChI=1S/C13H19N3O2/c1-8-3-5-11(9(2)15-8)16-12-6-4-10(17)7-14-13(12)18/h3,5,9,12,15-16H,4,6-7H2,1-2H3,(H,14,18). The number of carbonyl (C=O) groups excluding carboxylic acids is 2. The molecule has 2 aliphatic rings. The number of carbonyl (C=O) groups is 2. The molecule has 0 aromatic heterocycles. The number of ketones is 1. The van der Waals surface area contributed by atoms with Gasteiger partial charge in [0.2, 0.25) is 5.91 Å². The first kappa shape index (κ1) is 12.7. The third kappa shape index (κ3) is 2.91. The molecule has 0 aromatic rings. The number of Topliss-reactive ketones (excluding diaryl/α,β-unsaturated/α-hetero) is 1. The highest BCUT2D eigenvalue weighted by Crippen LogP contribution is 2.12. The van der Waals surface area contributed by atoms with Crippen LogP contribution in [0.1, 0.15) is 26.7 Å². The number of hydrogen-bond donors (Lipinski definition) is 3. The van der Waals surface area contributed by atoms with Gasteiger partial charge in [0.15, 0.2) is 5.78 Å². The van der Waals surface area contributed by atoms with Gasteiger partial charge >= 0.3 is 0 Å². The van der Waals surface area contributed by atoms with E-state index in [4.69, 9.17) is 0 Å². The highest BCUT2D eigenvalue weighted by molar-refractivity contribution is 5.91. The van der Waals surface area contributed by atoms with Crippen LogP contribution in [0.5, 0.6) is 0 Å². The molecular weight excluding hydrogens is 230 g/mol. The van der Waals surface area contributed by atoms with E-state index < -0.39 is 0 Å². The maximum absolute atomic E-state index is 11.8. The van der Waals surface area contributed by atoms with E-state index in [2.05, 4.69) is 16.0 Å². The van der Waals surface area contributed by atoms with Gasteiger partial charge in [0.25, 0.3) is 0 Å². The fraction of sp³-hybridized carbons (Fsp3) is 0.538. The maximum atomic E-state index is 11.8. The second-order valence-corrected chi connectivity index (χ2v) is 4.83. The van der Waals surface area contributed by atoms with E-state index in [1.165, 1.54) is 0 Å². The van der Waals surface area contributed by atoms with E-state index in [0.717, 1.165) is 11.4 Å². The Kier molecular flexibility index (Phi) is 3.69. The van der Waals surface area contributed by atoms with Gasteiger partial charge in [0, 0.05) is 17.8 Å². The SMILES string of the molecule is CC1=CC=C(NC2CCC(=O)CNC2=O)C(C)N1. The number of nitrogens with one attached hydrogen (secondary N) is 3. The molecule has 2 atom stereocenters. The molecule has 2 rings (SSSR count). The Hall–Kier alpha value is -1.78. The molecule has 98 valence electrons. The molecule has 0 aromatic carbocycles. The van der Waals surface area contributed by atoms with Crippen molar-refractivity contribution in [3.8, 4) is 0 Å². The van der Waals surface area contributed by atoms with Crippen LogP contribution in [0.4, 0.5) is 0 Å². The highest BCUT2D eigenvalue weighted by Gasteiger charge is 2.25. The third-order valence-corrected chi connectivity index (χ3v) is 3.25. The summed E-state index contributed by atoms with van der Waals surface area (Å²) >= 11 is 0. The van der Waals surface area contributed by atoms with Crippen LogP contribution in [-0.4, -0.2) is 30.3 Å². The summed E-state index contributed by atoms with van der Waals surface area (Å²) in [5.41, 5.74) is 2.09. The molecule has 0 spiro atoms. The molecule has 5 nitrogen and oxygen atoms in total. The summed E-state index contributed by atoms with van der Waals surface area (Å²) in [6.07, 6.45) is 4.95. The van der Waals surface area contributed by atoms with Crippen molar-refractivity contribution in [2.75, 3.05) is 6.54 Å². The van der Waals surface area contributed by atoms with Crippen molar-refractivity contribution >= 4 is 11.7 Å². The summed E-state index contributed by atoms with van der Waals surface area (Å²) in [5.74, 6) is -0.00703. The largest absolute Gasteiger partial charge is 0.381 e. The van der Waals surface area contributed by atoms with Crippen molar-refractivity contribution in [3.05, 3.63) is 23.5 Å². The summed E-state index contributed by atoms with van der Waals surface area (Å²) in [6.45, 7) is 4.19. The van der Waals surface area contributed by atoms with E-state index in [1.807, 2.05) is 26.0 Å². The minimum atomic E-state index is -0.321. The van der Waals surface area contributed by atoms with Crippen LogP contribution < -0.4 is 16.0 Å². The van der Waals surface area contributed by atoms with Gasteiger partial charge in [0.1, 0.15) is 6.04 Å². The quantitative estimate of drug-likeness (QED) is 0.654. The van der Waals surface area contributed by atoms with Crippen molar-refractivity contribution in [1.82, 2.24) is 16.0 Å². The zero-order chi connectivity index (χ0) is 13.1. The van der Waals surface area contributed by atoms with Crippen molar-refractivity contribution in [1.29, 1.82) is 0 Å². The molecule has 1 saturated heterocycles. The zero-order valence-electron chi connectivity index (χ0n) is 10.7. The molecule has 0 saturated carbocycles. The topological polar surface area (TPSA) is 70.2 Å². The number of amides is 1. The van der Waals surface area contributed by atoms with E-state index in [1.54, 1.807) is 0 Å². The Morgan fingerprint density at radius 1 is 1.33 bits per heavy atom. The molecule has 18 heavy (non-hydrogen) atoms. The molecule has 5 heteroatoms. The summed E-state index contributed by atoms with van der Waals surface area (Å²) in [4.78, 5) is 23.1. The first-order chi connectivity index (χ1) is 8.56. The molecule has 1 amide bonds. The lowest BCUT2D eigenvalue weighted by Gasteiger charge is -2.27. The van der Waals surface area contributed by atoms with Gasteiger partial charge in [-0.05, 0) is 32.4 Å². The lowest BCUT2D eigenvalue weighted by molar-refractivity contribution is -0.124. The van der Waals surface area contributed by atoms with Crippen molar-refractivity contribution < 1.29 is 9.59 Å². The molecule has 0 aliphatic carbocycles. The third-order valence-electron chi connectivity index (χ3n) is 3.25. The highest BCUT2D eigenvalue weighted by atomic mass is 16.2. The number of rotatable bonds is 2. The fourth-order valence-electron chi connectivity index (χ4n) is 2.17. The van der Waals surface area contributed by atoms with Crippen LogP contribution in [0.25, 0.3) is 0 Å². The second kappa shape index (κ2) is 5.25. The first-order valence-electron chi connectivity index (χ1n) is 6.27. The van der Waals surface area contributed by atoms with Gasteiger partial charge in [-0.2, -0.15) is 0 Å². The van der Waals surface area contributed by atoms with Crippen LogP contribution in [0.2, 0.25) is 0 Å². The van der Waals surface area contributed by atoms with Crippen molar-refractivity contribution in [2.24, 2.45) is 0 Å². The number of allylic oxidation sites excluding steroid dienone is 3. The summed E-state index contributed by atoms with van der Waals surface area (Å²) in [6, 6.07) is -0.166. The minimum Gasteiger partial charge on any atom is -0.381 e. The van der Waals surface area contributed by atoms with Gasteiger partial charge in [-0.3, -0.25) is 9.59 Å². The summed E-state index contributed by atoms with van der Waals surface area (Å²) in [7, 11) is 0. The monoisotopic (exact) mass is 249 g/mol. The van der Waals surface area contributed by atoms with Crippen LogP contribution in [0, 0.1) is 0 Å². The Labute approximate surface area is 107 Å². The van der Waals surface area contributed by atoms with Crippen LogP contribution in [0.3, 0.4) is 0 Å². The van der Waals surface area contributed by atoms with Gasteiger partial charge in [0.05, 0.1) is 12.6 Å². The van der Waals surface area contributed by atoms with E-state index in [0.29, 0.717) is 12.8 Å². The number of hydrogen-bond acceptors (Lipinski definition) is 4. The zero-order valence-corrected chi connectivity index (χ0v) is 10.7. The van der Waals surface area contributed by atoms with Crippen molar-refractivity contribution in [3.63, 3.8) is 0 Å². The summed E-state index contributed by atoms with van der Waals surface area (Å²) in [5, 5.41) is 9.16. The Balaban J connectivity index is 2.04. The van der Waals surface area contributed by atoms with Crippen LogP contribution >= 0.6 is 0 Å². The van der Waals surface area contributed by atoms with E-state index in [9.17, 15) is 9.59 Å². The lowest BCUT2D eigenvalue weighted by atomic mass is 10.1. The van der Waals surface area contributed by atoms with E-state index in [-0.39, 0.29) is 30.3 Å². The summed E-state index contributed by atoms with van der Waals surface area (Å²) < 4.78 is 0. The molecular formula is C13H19N3O2. The van der Waals surface area contributed by atoms with Crippen LogP contribution in [0.15, 0.2) is 23.5 Å². The molecule has 0 bridgehead atoms. The first-order valence-corrected chi connectivity index (χ1v) is 6.27. The maximum Gasteiger partial charge on any atom is 0.242 e. The fourth-order valence-corrected chi connectivity index (χ4v) is 2.17. The molecule has 1 fully saturated rings. The van der Waals surface area contributed by atoms with Gasteiger partial charge in [-0.25, -0.2) is 0 Å². The minimum absolute atomic E-state index is 0.0900. The molecule has 2 unspecified atom stereocenters. The molecule has 2 aliphatic heterocycles. The number of dihydropyridines is 1. The van der Waals surface area contributed by atoms with Crippen molar-refractivity contribution in [2.45, 2.75) is 38.8 Å². The van der Waals surface area contributed by atoms with Gasteiger partial charge < -0.3 is 16.0 Å². The van der Waals surface area contributed by atoms with Gasteiger partial charge in [-0.15, -0.1) is 0 Å². The lowest BCUT2D eigenvalue weighted by Crippen LogP contribution is -2.46. The second-order valence-electron chi connectivity index (χ2n) is 4.83. The van der Waals surface area contributed by atoms with Gasteiger partial charge in [-0.1, -0.05) is 0 Å². The Bertz CT molecular complexity index is 426. The Morgan fingerprint density at radius 3 is 2.83 bits per heavy atom. The predicted molar refractivity (Wildman–Crippen MR) is 68.6 cm³/mol. The molecule has 2 heterocycles. The normalized spacial score (nSPS) is 28.6. The predicted octanol–water partition coefficient (Wildman–Crippen LogP) is 0.203. The smallest absolute Gasteiger partial charge is 0.242 e. The average molecular weight is 249 g/mol. The average Bonchev–Trinajstić information content (AvgIpc) is 2.47. The molecule has 0 radical (unpaired) electrons. The van der Waals surface area contributed by atoms with Crippen LogP contribution in [-0.2, 0) is 9.59 Å². The Morgan fingerprint density at radius 2 is 2.11 bits per heavy atom. The molecule has 3 N–H and O–H groups in total. The van der Waals surface area contributed by atoms with E-state index >= 15 is 0 Å².